The highest BCUT2D eigenvalue weighted by atomic mass is 32.1. The van der Waals surface area contributed by atoms with Gasteiger partial charge in [0.05, 0.1) is 21.8 Å². The Kier molecular flexibility index (Phi) is 5.55. The predicted octanol–water partition coefficient (Wildman–Crippen LogP) is 4.51. The van der Waals surface area contributed by atoms with E-state index >= 15 is 0 Å². The molecule has 2 aromatic heterocycles. The standard InChI is InChI=1S/C23H20N4O3S/c24-16-12-17(18-10-11-19(31-18)23(28)29)27-21(20(16)22(25)26)13-6-8-15(9-7-13)30-14-4-2-1-3-5-14/h1-6,8,10-12H,7,9H2,(H2,24,27)(H3,25,26)(H,28,29). The number of nitrogens with zero attached hydrogens (tertiary/aromatic N) is 1. The number of rotatable bonds is 6. The average molecular weight is 433 g/mol. The first-order valence-corrected chi connectivity index (χ1v) is 10.4. The molecule has 7 nitrogen and oxygen atoms in total. The fourth-order valence-electron chi connectivity index (χ4n) is 3.34. The second-order valence-electron chi connectivity index (χ2n) is 6.94. The number of carboxylic acid groups (broad SMARTS) is 1. The van der Waals surface area contributed by atoms with Crippen molar-refractivity contribution in [3.8, 4) is 16.3 Å². The van der Waals surface area contributed by atoms with Crippen LogP contribution in [0.25, 0.3) is 16.1 Å². The first-order chi connectivity index (χ1) is 14.9. The molecule has 0 unspecified atom stereocenters. The molecule has 3 aromatic rings. The number of nitrogens with one attached hydrogen (secondary N) is 1. The topological polar surface area (TPSA) is 135 Å². The van der Waals surface area contributed by atoms with Crippen LogP contribution < -0.4 is 16.2 Å². The summed E-state index contributed by atoms with van der Waals surface area (Å²) in [4.78, 5) is 16.8. The third kappa shape index (κ3) is 4.34. The van der Waals surface area contributed by atoms with Crippen molar-refractivity contribution in [3.05, 3.63) is 82.6 Å². The van der Waals surface area contributed by atoms with E-state index in [9.17, 15) is 9.90 Å². The highest BCUT2D eigenvalue weighted by Gasteiger charge is 2.21. The van der Waals surface area contributed by atoms with Crippen molar-refractivity contribution in [3.63, 3.8) is 0 Å². The van der Waals surface area contributed by atoms with Crippen LogP contribution in [0.1, 0.15) is 33.8 Å². The van der Waals surface area contributed by atoms with Crippen molar-refractivity contribution >= 4 is 34.4 Å². The smallest absolute Gasteiger partial charge is 0.345 e. The normalized spacial score (nSPS) is 13.3. The van der Waals surface area contributed by atoms with Gasteiger partial charge in [0.2, 0.25) is 0 Å². The van der Waals surface area contributed by atoms with Gasteiger partial charge in [-0.05, 0) is 48.4 Å². The molecular weight excluding hydrogens is 412 g/mol. The number of thiophene rings is 1. The molecule has 4 rings (SSSR count). The Hall–Kier alpha value is -3.91. The maximum absolute atomic E-state index is 11.2. The second kappa shape index (κ2) is 8.45. The number of hydrogen-bond acceptors (Lipinski definition) is 6. The van der Waals surface area contributed by atoms with Crippen molar-refractivity contribution in [1.82, 2.24) is 4.98 Å². The quantitative estimate of drug-likeness (QED) is 0.334. The average Bonchev–Trinajstić information content (AvgIpc) is 3.25. The van der Waals surface area contributed by atoms with Crippen LogP contribution in [0.3, 0.4) is 0 Å². The number of hydrogen-bond donors (Lipinski definition) is 4. The number of para-hydroxylation sites is 1. The van der Waals surface area contributed by atoms with E-state index in [2.05, 4.69) is 0 Å². The molecule has 156 valence electrons. The number of amidine groups is 1. The van der Waals surface area contributed by atoms with E-state index in [4.69, 9.17) is 26.6 Å². The molecule has 0 radical (unpaired) electrons. The van der Waals surface area contributed by atoms with E-state index in [1.807, 2.05) is 42.5 Å². The zero-order valence-electron chi connectivity index (χ0n) is 16.5. The lowest BCUT2D eigenvalue weighted by molar-refractivity contribution is 0.0702. The van der Waals surface area contributed by atoms with E-state index in [0.29, 0.717) is 40.4 Å². The Morgan fingerprint density at radius 1 is 1.13 bits per heavy atom. The lowest BCUT2D eigenvalue weighted by Gasteiger charge is -2.19. The van der Waals surface area contributed by atoms with Gasteiger partial charge in [0, 0.05) is 12.1 Å². The lowest BCUT2D eigenvalue weighted by atomic mass is 9.95. The minimum absolute atomic E-state index is 0.167. The van der Waals surface area contributed by atoms with E-state index in [1.165, 1.54) is 6.07 Å². The number of carbonyl (C=O) groups is 1. The molecule has 1 aliphatic carbocycles. The highest BCUT2D eigenvalue weighted by Crippen LogP contribution is 2.35. The number of ether oxygens (including phenoxy) is 1. The number of aromatic carboxylic acids is 1. The molecule has 2 heterocycles. The molecule has 6 N–H and O–H groups in total. The molecular formula is C23H20N4O3S. The number of nitrogens with two attached hydrogens (primary N) is 2. The van der Waals surface area contributed by atoms with Gasteiger partial charge < -0.3 is 21.3 Å². The Balaban J connectivity index is 1.71. The zero-order chi connectivity index (χ0) is 22.0. The van der Waals surface area contributed by atoms with E-state index in [0.717, 1.165) is 28.4 Å². The van der Waals surface area contributed by atoms with Gasteiger partial charge in [-0.3, -0.25) is 5.41 Å². The van der Waals surface area contributed by atoms with Crippen LogP contribution in [0.5, 0.6) is 5.75 Å². The van der Waals surface area contributed by atoms with Gasteiger partial charge in [0.25, 0.3) is 0 Å². The molecule has 0 atom stereocenters. The number of allylic oxidation sites excluding steroid dienone is 4. The minimum atomic E-state index is -0.990. The maximum atomic E-state index is 11.2. The van der Waals surface area contributed by atoms with Crippen molar-refractivity contribution in [2.45, 2.75) is 12.8 Å². The molecule has 8 heteroatoms. The summed E-state index contributed by atoms with van der Waals surface area (Å²) in [6, 6.07) is 14.4. The zero-order valence-corrected chi connectivity index (χ0v) is 17.3. The Labute approximate surface area is 182 Å². The largest absolute Gasteiger partial charge is 0.477 e. The molecule has 0 bridgehead atoms. The summed E-state index contributed by atoms with van der Waals surface area (Å²) >= 11 is 1.12. The SMILES string of the molecule is N=C(N)c1c(N)cc(-c2ccc(C(=O)O)s2)nc1C1=CC=C(Oc2ccccc2)CC1. The summed E-state index contributed by atoms with van der Waals surface area (Å²) in [5.74, 6) is 0.440. The van der Waals surface area contributed by atoms with Crippen molar-refractivity contribution in [2.24, 2.45) is 5.73 Å². The summed E-state index contributed by atoms with van der Waals surface area (Å²) in [6.07, 6.45) is 5.08. The predicted molar refractivity (Wildman–Crippen MR) is 122 cm³/mol. The molecule has 0 amide bonds. The molecule has 0 saturated carbocycles. The number of carboxylic acids is 1. The summed E-state index contributed by atoms with van der Waals surface area (Å²) in [5, 5.41) is 17.2. The molecule has 0 aliphatic heterocycles. The summed E-state index contributed by atoms with van der Waals surface area (Å²) in [5.41, 5.74) is 14.7. The first-order valence-electron chi connectivity index (χ1n) is 9.54. The number of nitrogen functional groups attached to an aromatic ring is 2. The molecule has 31 heavy (non-hydrogen) atoms. The van der Waals surface area contributed by atoms with Gasteiger partial charge in [-0.2, -0.15) is 0 Å². The van der Waals surface area contributed by atoms with Gasteiger partial charge in [0.1, 0.15) is 22.2 Å². The molecule has 1 aliphatic rings. The number of pyridine rings is 1. The number of aromatic nitrogens is 1. The monoisotopic (exact) mass is 432 g/mol. The first kappa shape index (κ1) is 20.4. The van der Waals surface area contributed by atoms with Crippen LogP contribution in [0.15, 0.2) is 66.4 Å². The molecule has 0 saturated heterocycles. The Morgan fingerprint density at radius 2 is 1.90 bits per heavy atom. The molecule has 0 fully saturated rings. The molecule has 1 aromatic carbocycles. The van der Waals surface area contributed by atoms with Gasteiger partial charge >= 0.3 is 5.97 Å². The van der Waals surface area contributed by atoms with Crippen LogP contribution in [0, 0.1) is 5.41 Å². The summed E-state index contributed by atoms with van der Waals surface area (Å²) < 4.78 is 5.91. The van der Waals surface area contributed by atoms with Crippen molar-refractivity contribution in [2.75, 3.05) is 5.73 Å². The van der Waals surface area contributed by atoms with E-state index in [1.54, 1.807) is 12.1 Å². The highest BCUT2D eigenvalue weighted by molar-refractivity contribution is 7.17. The van der Waals surface area contributed by atoms with Crippen LogP contribution in [0.2, 0.25) is 0 Å². The number of benzene rings is 1. The van der Waals surface area contributed by atoms with Crippen LogP contribution >= 0.6 is 11.3 Å². The third-order valence-electron chi connectivity index (χ3n) is 4.80. The number of anilines is 1. The van der Waals surface area contributed by atoms with Gasteiger partial charge in [-0.15, -0.1) is 11.3 Å². The Bertz CT molecular complexity index is 1230. The van der Waals surface area contributed by atoms with Crippen LogP contribution in [-0.4, -0.2) is 21.9 Å². The summed E-state index contributed by atoms with van der Waals surface area (Å²) in [7, 11) is 0. The van der Waals surface area contributed by atoms with Crippen molar-refractivity contribution < 1.29 is 14.6 Å². The minimum Gasteiger partial charge on any atom is -0.477 e. The maximum Gasteiger partial charge on any atom is 0.345 e. The van der Waals surface area contributed by atoms with Gasteiger partial charge in [-0.1, -0.05) is 24.3 Å². The third-order valence-corrected chi connectivity index (χ3v) is 5.89. The lowest BCUT2D eigenvalue weighted by Crippen LogP contribution is -2.18. The van der Waals surface area contributed by atoms with Gasteiger partial charge in [-0.25, -0.2) is 9.78 Å². The van der Waals surface area contributed by atoms with Crippen LogP contribution in [0.4, 0.5) is 5.69 Å². The summed E-state index contributed by atoms with van der Waals surface area (Å²) in [6.45, 7) is 0. The fourth-order valence-corrected chi connectivity index (χ4v) is 4.14. The van der Waals surface area contributed by atoms with Crippen molar-refractivity contribution in [1.29, 1.82) is 5.41 Å². The van der Waals surface area contributed by atoms with Crippen LogP contribution in [-0.2, 0) is 0 Å². The van der Waals surface area contributed by atoms with Gasteiger partial charge in [0.15, 0.2) is 0 Å². The second-order valence-corrected chi connectivity index (χ2v) is 8.03. The van der Waals surface area contributed by atoms with E-state index in [-0.39, 0.29) is 10.7 Å². The molecule has 0 spiro atoms. The Morgan fingerprint density at radius 3 is 2.52 bits per heavy atom. The fraction of sp³-hybridized carbons (Fsp3) is 0.0870. The van der Waals surface area contributed by atoms with E-state index < -0.39 is 5.97 Å².